The predicted molar refractivity (Wildman–Crippen MR) is 79.4 cm³/mol. The molecule has 116 valence electrons. The van der Waals surface area contributed by atoms with Crippen molar-refractivity contribution >= 4 is 5.91 Å². The molecule has 0 saturated carbocycles. The maximum atomic E-state index is 12.3. The molecule has 3 rings (SSSR count). The molecule has 0 N–H and O–H groups in total. The Kier molecular flexibility index (Phi) is 4.37. The van der Waals surface area contributed by atoms with Crippen LogP contribution in [0.25, 0.3) is 0 Å². The van der Waals surface area contributed by atoms with Crippen molar-refractivity contribution in [2.45, 2.75) is 32.3 Å². The van der Waals surface area contributed by atoms with E-state index in [2.05, 4.69) is 10.1 Å². The summed E-state index contributed by atoms with van der Waals surface area (Å²) in [5.74, 6) is 1.78. The van der Waals surface area contributed by atoms with Crippen molar-refractivity contribution in [2.24, 2.45) is 0 Å². The molecule has 22 heavy (non-hydrogen) atoms. The quantitative estimate of drug-likeness (QED) is 0.864. The van der Waals surface area contributed by atoms with Crippen molar-refractivity contribution in [3.8, 4) is 5.75 Å². The summed E-state index contributed by atoms with van der Waals surface area (Å²) in [6.07, 6.45) is 2.11. The number of rotatable bonds is 4. The number of likely N-dealkylation sites (tertiary alicyclic amines) is 1. The molecule has 1 aliphatic rings. The van der Waals surface area contributed by atoms with E-state index in [1.54, 1.807) is 6.92 Å². The second-order valence-electron chi connectivity index (χ2n) is 5.44. The highest BCUT2D eigenvalue weighted by molar-refractivity contribution is 5.78. The molecule has 6 heteroatoms. The van der Waals surface area contributed by atoms with E-state index in [4.69, 9.17) is 9.26 Å². The first-order valence-corrected chi connectivity index (χ1v) is 7.49. The minimum Gasteiger partial charge on any atom is -0.489 e. The molecule has 1 aromatic heterocycles. The second-order valence-corrected chi connectivity index (χ2v) is 5.44. The molecule has 0 spiro atoms. The molecule has 1 fully saturated rings. The number of carbonyl (C=O) groups is 1. The largest absolute Gasteiger partial charge is 0.489 e. The van der Waals surface area contributed by atoms with E-state index in [1.807, 2.05) is 35.2 Å². The van der Waals surface area contributed by atoms with Crippen molar-refractivity contribution in [2.75, 3.05) is 13.1 Å². The highest BCUT2D eigenvalue weighted by Gasteiger charge is 2.25. The summed E-state index contributed by atoms with van der Waals surface area (Å²) in [5.41, 5.74) is 0. The zero-order valence-electron chi connectivity index (χ0n) is 12.6. The van der Waals surface area contributed by atoms with E-state index >= 15 is 0 Å². The van der Waals surface area contributed by atoms with E-state index in [0.717, 1.165) is 25.1 Å². The molecular formula is C16H19N3O3. The fraction of sp³-hybridized carbons (Fsp3) is 0.438. The van der Waals surface area contributed by atoms with Crippen LogP contribution in [0.3, 0.4) is 0 Å². The number of hydrogen-bond donors (Lipinski definition) is 0. The highest BCUT2D eigenvalue weighted by atomic mass is 16.5. The Hall–Kier alpha value is -2.37. The number of aromatic nitrogens is 2. The van der Waals surface area contributed by atoms with Gasteiger partial charge < -0.3 is 14.2 Å². The van der Waals surface area contributed by atoms with Crippen LogP contribution < -0.4 is 4.74 Å². The van der Waals surface area contributed by atoms with E-state index in [0.29, 0.717) is 18.3 Å². The third-order valence-corrected chi connectivity index (χ3v) is 3.66. The number of carbonyl (C=O) groups excluding carboxylic acids is 1. The van der Waals surface area contributed by atoms with Gasteiger partial charge in [-0.15, -0.1) is 0 Å². The van der Waals surface area contributed by atoms with Crippen molar-refractivity contribution in [3.05, 3.63) is 42.0 Å². The number of para-hydroxylation sites is 1. The van der Waals surface area contributed by atoms with Crippen LogP contribution in [-0.2, 0) is 11.2 Å². The minimum atomic E-state index is 0.0159. The number of amides is 1. The van der Waals surface area contributed by atoms with Crippen LogP contribution in [0.5, 0.6) is 5.75 Å². The summed E-state index contributed by atoms with van der Waals surface area (Å²) in [4.78, 5) is 18.2. The van der Waals surface area contributed by atoms with Gasteiger partial charge in [-0.3, -0.25) is 4.79 Å². The number of hydrogen-bond acceptors (Lipinski definition) is 5. The van der Waals surface area contributed by atoms with Gasteiger partial charge in [-0.1, -0.05) is 23.4 Å². The third kappa shape index (κ3) is 3.63. The van der Waals surface area contributed by atoms with E-state index in [9.17, 15) is 4.79 Å². The molecule has 2 aromatic rings. The number of piperidine rings is 1. The van der Waals surface area contributed by atoms with E-state index in [-0.39, 0.29) is 18.4 Å². The van der Waals surface area contributed by atoms with Gasteiger partial charge in [0.15, 0.2) is 5.82 Å². The molecule has 1 saturated heterocycles. The Bertz CT molecular complexity index is 627. The van der Waals surface area contributed by atoms with Crippen molar-refractivity contribution in [1.29, 1.82) is 0 Å². The molecule has 0 aliphatic carbocycles. The van der Waals surface area contributed by atoms with Crippen molar-refractivity contribution < 1.29 is 14.1 Å². The van der Waals surface area contributed by atoms with Crippen LogP contribution in [0.1, 0.15) is 24.6 Å². The van der Waals surface area contributed by atoms with Gasteiger partial charge in [-0.05, 0) is 25.0 Å². The normalized spacial score (nSPS) is 18.2. The fourth-order valence-electron chi connectivity index (χ4n) is 2.61. The van der Waals surface area contributed by atoms with Gasteiger partial charge in [0.05, 0.1) is 13.0 Å². The Labute approximate surface area is 129 Å². The molecule has 1 amide bonds. The van der Waals surface area contributed by atoms with Gasteiger partial charge in [-0.2, -0.15) is 4.98 Å². The summed E-state index contributed by atoms with van der Waals surface area (Å²) < 4.78 is 10.8. The zero-order valence-corrected chi connectivity index (χ0v) is 12.6. The van der Waals surface area contributed by atoms with Crippen LogP contribution in [0, 0.1) is 6.92 Å². The number of aryl methyl sites for hydroxylation is 1. The molecule has 1 atom stereocenters. The van der Waals surface area contributed by atoms with Gasteiger partial charge in [0.2, 0.25) is 11.8 Å². The lowest BCUT2D eigenvalue weighted by Gasteiger charge is -2.32. The summed E-state index contributed by atoms with van der Waals surface area (Å²) in [6.45, 7) is 3.07. The molecule has 0 radical (unpaired) electrons. The van der Waals surface area contributed by atoms with Crippen LogP contribution in [-0.4, -0.2) is 40.1 Å². The molecule has 1 aromatic carbocycles. The molecular weight excluding hydrogens is 282 g/mol. The summed E-state index contributed by atoms with van der Waals surface area (Å²) in [6, 6.07) is 9.71. The first-order chi connectivity index (χ1) is 10.7. The molecule has 0 bridgehead atoms. The van der Waals surface area contributed by atoms with Crippen molar-refractivity contribution in [1.82, 2.24) is 15.0 Å². The average molecular weight is 301 g/mol. The summed E-state index contributed by atoms with van der Waals surface area (Å²) in [7, 11) is 0. The number of benzene rings is 1. The highest BCUT2D eigenvalue weighted by Crippen LogP contribution is 2.18. The van der Waals surface area contributed by atoms with Crippen LogP contribution in [0.15, 0.2) is 34.9 Å². The monoisotopic (exact) mass is 301 g/mol. The Morgan fingerprint density at radius 1 is 1.41 bits per heavy atom. The minimum absolute atomic E-state index is 0.0159. The fourth-order valence-corrected chi connectivity index (χ4v) is 2.61. The second kappa shape index (κ2) is 6.60. The Morgan fingerprint density at radius 2 is 2.23 bits per heavy atom. The molecule has 1 unspecified atom stereocenters. The maximum Gasteiger partial charge on any atom is 0.230 e. The summed E-state index contributed by atoms with van der Waals surface area (Å²) >= 11 is 0. The SMILES string of the molecule is Cc1nc(CC(=O)N2CCCC(Oc3ccccc3)C2)no1. The first kappa shape index (κ1) is 14.6. The summed E-state index contributed by atoms with van der Waals surface area (Å²) in [5, 5.41) is 3.77. The Morgan fingerprint density at radius 3 is 2.95 bits per heavy atom. The topological polar surface area (TPSA) is 68.5 Å². The van der Waals surface area contributed by atoms with Gasteiger partial charge in [-0.25, -0.2) is 0 Å². The zero-order chi connectivity index (χ0) is 15.4. The van der Waals surface area contributed by atoms with Gasteiger partial charge >= 0.3 is 0 Å². The lowest BCUT2D eigenvalue weighted by Crippen LogP contribution is -2.45. The van der Waals surface area contributed by atoms with Crippen molar-refractivity contribution in [3.63, 3.8) is 0 Å². The van der Waals surface area contributed by atoms with E-state index < -0.39 is 0 Å². The van der Waals surface area contributed by atoms with Gasteiger partial charge in [0, 0.05) is 13.5 Å². The predicted octanol–water partition coefficient (Wildman–Crippen LogP) is 1.99. The van der Waals surface area contributed by atoms with Gasteiger partial charge in [0.25, 0.3) is 0 Å². The molecule has 2 heterocycles. The number of ether oxygens (including phenoxy) is 1. The van der Waals surface area contributed by atoms with Crippen LogP contribution in [0.2, 0.25) is 0 Å². The number of nitrogens with zero attached hydrogens (tertiary/aromatic N) is 3. The lowest BCUT2D eigenvalue weighted by atomic mass is 10.1. The Balaban J connectivity index is 1.57. The first-order valence-electron chi connectivity index (χ1n) is 7.49. The van der Waals surface area contributed by atoms with Gasteiger partial charge in [0.1, 0.15) is 11.9 Å². The smallest absolute Gasteiger partial charge is 0.230 e. The standard InChI is InChI=1S/C16H19N3O3/c1-12-17-15(18-22-12)10-16(20)19-9-5-8-14(11-19)21-13-6-3-2-4-7-13/h2-4,6-7,14H,5,8-11H2,1H3. The lowest BCUT2D eigenvalue weighted by molar-refractivity contribution is -0.133. The molecule has 1 aliphatic heterocycles. The van der Waals surface area contributed by atoms with Crippen LogP contribution in [0.4, 0.5) is 0 Å². The van der Waals surface area contributed by atoms with Crippen LogP contribution >= 0.6 is 0 Å². The molecule has 6 nitrogen and oxygen atoms in total. The maximum absolute atomic E-state index is 12.3. The third-order valence-electron chi connectivity index (χ3n) is 3.66. The average Bonchev–Trinajstić information content (AvgIpc) is 2.93. The van der Waals surface area contributed by atoms with E-state index in [1.165, 1.54) is 0 Å².